The molecule has 2 saturated carbocycles. The molecule has 0 spiro atoms. The zero-order valence-corrected chi connectivity index (χ0v) is 24.7. The molecule has 44 heavy (non-hydrogen) atoms. The summed E-state index contributed by atoms with van der Waals surface area (Å²) in [5.41, 5.74) is -3.50. The number of alkyl halides is 5. The SMILES string of the molecule is C[C@@]1(C(F)(F)F)CN(c2ccc([C@H]3C(F)(F)[C@]3(C)C(=O)NC3CCN(C(=O)C4CC4)CC3)cc2)c2cnc3cc(Cl)nn3c21. The van der Waals surface area contributed by atoms with E-state index in [9.17, 15) is 22.8 Å². The number of amides is 2. The van der Waals surface area contributed by atoms with Gasteiger partial charge in [0.25, 0.3) is 5.92 Å². The molecule has 1 saturated heterocycles. The number of aromatic nitrogens is 3. The monoisotopic (exact) mass is 636 g/mol. The first-order valence-electron chi connectivity index (χ1n) is 14.6. The number of hydrogen-bond acceptors (Lipinski definition) is 5. The van der Waals surface area contributed by atoms with Crippen molar-refractivity contribution >= 4 is 40.4 Å². The number of halogens is 6. The molecular formula is C30H30ClF5N6O2. The minimum Gasteiger partial charge on any atom is -0.353 e. The van der Waals surface area contributed by atoms with Crippen molar-refractivity contribution in [2.45, 2.75) is 69.0 Å². The summed E-state index contributed by atoms with van der Waals surface area (Å²) in [5, 5.41) is 6.83. The van der Waals surface area contributed by atoms with Crippen molar-refractivity contribution in [1.29, 1.82) is 0 Å². The Hall–Kier alpha value is -3.48. The van der Waals surface area contributed by atoms with Gasteiger partial charge in [0.15, 0.2) is 10.8 Å². The lowest BCUT2D eigenvalue weighted by Gasteiger charge is -2.33. The van der Waals surface area contributed by atoms with Crippen LogP contribution in [-0.4, -0.2) is 69.1 Å². The van der Waals surface area contributed by atoms with E-state index in [-0.39, 0.29) is 45.6 Å². The lowest BCUT2D eigenvalue weighted by Crippen LogP contribution is -2.49. The van der Waals surface area contributed by atoms with Crippen molar-refractivity contribution in [3.63, 3.8) is 0 Å². The van der Waals surface area contributed by atoms with Gasteiger partial charge in [0.2, 0.25) is 11.8 Å². The number of rotatable bonds is 5. The highest BCUT2D eigenvalue weighted by Crippen LogP contribution is 2.71. The van der Waals surface area contributed by atoms with E-state index in [4.69, 9.17) is 11.6 Å². The molecule has 2 aromatic heterocycles. The topological polar surface area (TPSA) is 82.8 Å². The predicted molar refractivity (Wildman–Crippen MR) is 151 cm³/mol. The van der Waals surface area contributed by atoms with Crippen LogP contribution in [0.15, 0.2) is 36.5 Å². The van der Waals surface area contributed by atoms with Gasteiger partial charge in [-0.2, -0.15) is 18.3 Å². The van der Waals surface area contributed by atoms with Gasteiger partial charge in [0.05, 0.1) is 23.5 Å². The standard InChI is InChI=1S/C30H30ClF5N6O2/c1-27(30(34,35)36)15-41(20-14-37-22-13-21(31)39-42(22)24(20)27)19-7-5-16(6-8-19)23-28(2,29(23,32)33)26(44)38-18-9-11-40(12-10-18)25(43)17-3-4-17/h5-8,13-14,17-18,23H,3-4,9-12,15H2,1-2H3,(H,38,44)/t23-,27-,28+/m1/s1. The maximum Gasteiger partial charge on any atom is 0.401 e. The summed E-state index contributed by atoms with van der Waals surface area (Å²) in [4.78, 5) is 33.0. The summed E-state index contributed by atoms with van der Waals surface area (Å²) in [6.07, 6.45) is -0.486. The van der Waals surface area contributed by atoms with Crippen molar-refractivity contribution < 1.29 is 31.5 Å². The number of nitrogens with one attached hydrogen (secondary N) is 1. The second-order valence-electron chi connectivity index (χ2n) is 12.8. The van der Waals surface area contributed by atoms with Crippen LogP contribution in [0.3, 0.4) is 0 Å². The van der Waals surface area contributed by atoms with Crippen molar-refractivity contribution in [3.05, 3.63) is 52.9 Å². The zero-order valence-electron chi connectivity index (χ0n) is 24.0. The Labute approximate surface area is 254 Å². The quantitative estimate of drug-likeness (QED) is 0.368. The molecule has 0 bridgehead atoms. The van der Waals surface area contributed by atoms with E-state index in [0.717, 1.165) is 24.3 Å². The van der Waals surface area contributed by atoms with Crippen LogP contribution < -0.4 is 10.2 Å². The summed E-state index contributed by atoms with van der Waals surface area (Å²) in [6.45, 7) is 2.82. The normalized spacial score (nSPS) is 28.3. The van der Waals surface area contributed by atoms with Crippen LogP contribution >= 0.6 is 11.6 Å². The van der Waals surface area contributed by atoms with E-state index in [1.165, 1.54) is 48.4 Å². The number of fused-ring (bicyclic) bond motifs is 3. The summed E-state index contributed by atoms with van der Waals surface area (Å²) in [5.74, 6) is -5.21. The van der Waals surface area contributed by atoms with E-state index in [2.05, 4.69) is 15.4 Å². The molecule has 2 aliphatic carbocycles. The van der Waals surface area contributed by atoms with Gasteiger partial charge in [-0.05, 0) is 57.2 Å². The molecule has 3 aromatic rings. The van der Waals surface area contributed by atoms with Gasteiger partial charge in [-0.25, -0.2) is 18.3 Å². The van der Waals surface area contributed by atoms with Crippen LogP contribution in [0.2, 0.25) is 5.15 Å². The Balaban J connectivity index is 1.10. The van der Waals surface area contributed by atoms with Crippen LogP contribution in [0.4, 0.5) is 33.3 Å². The smallest absolute Gasteiger partial charge is 0.353 e. The molecule has 3 fully saturated rings. The summed E-state index contributed by atoms with van der Waals surface area (Å²) in [6, 6.07) is 6.92. The highest BCUT2D eigenvalue weighted by atomic mass is 35.5. The maximum atomic E-state index is 15.3. The lowest BCUT2D eigenvalue weighted by molar-refractivity contribution is -0.181. The third-order valence-electron chi connectivity index (χ3n) is 9.97. The van der Waals surface area contributed by atoms with Crippen molar-refractivity contribution in [1.82, 2.24) is 24.8 Å². The number of anilines is 2. The van der Waals surface area contributed by atoms with Gasteiger partial charge in [-0.3, -0.25) is 9.59 Å². The fourth-order valence-electron chi connectivity index (χ4n) is 6.91. The summed E-state index contributed by atoms with van der Waals surface area (Å²) >= 11 is 5.98. The first-order valence-corrected chi connectivity index (χ1v) is 15.0. The minimum atomic E-state index is -4.64. The van der Waals surface area contributed by atoms with Crippen LogP contribution in [0.5, 0.6) is 0 Å². The molecule has 0 unspecified atom stereocenters. The molecule has 8 nitrogen and oxygen atoms in total. The molecule has 4 aliphatic rings. The number of benzene rings is 1. The number of piperidine rings is 1. The van der Waals surface area contributed by atoms with Gasteiger partial charge in [-0.1, -0.05) is 23.7 Å². The Morgan fingerprint density at radius 1 is 1.05 bits per heavy atom. The van der Waals surface area contributed by atoms with E-state index in [1.807, 2.05) is 0 Å². The maximum absolute atomic E-state index is 15.3. The fraction of sp³-hybridized carbons (Fsp3) is 0.533. The van der Waals surface area contributed by atoms with Crippen molar-refractivity contribution in [3.8, 4) is 0 Å². The fourth-order valence-corrected chi connectivity index (χ4v) is 7.09. The number of carbonyl (C=O) groups excluding carboxylic acids is 2. The summed E-state index contributed by atoms with van der Waals surface area (Å²) in [7, 11) is 0. The predicted octanol–water partition coefficient (Wildman–Crippen LogP) is 5.61. The van der Waals surface area contributed by atoms with Crippen molar-refractivity contribution in [2.24, 2.45) is 11.3 Å². The van der Waals surface area contributed by atoms with Crippen LogP contribution in [-0.2, 0) is 15.0 Å². The Bertz CT molecular complexity index is 1670. The van der Waals surface area contributed by atoms with Gasteiger partial charge in [0.1, 0.15) is 10.8 Å². The molecule has 14 heteroatoms. The average molecular weight is 637 g/mol. The molecule has 1 aromatic carbocycles. The molecule has 2 aliphatic heterocycles. The number of carbonyl (C=O) groups is 2. The van der Waals surface area contributed by atoms with E-state index < -0.39 is 41.3 Å². The number of nitrogens with zero attached hydrogens (tertiary/aromatic N) is 5. The Morgan fingerprint density at radius 3 is 2.32 bits per heavy atom. The van der Waals surface area contributed by atoms with E-state index >= 15 is 8.78 Å². The van der Waals surface area contributed by atoms with Gasteiger partial charge >= 0.3 is 6.18 Å². The van der Waals surface area contributed by atoms with Gasteiger partial charge in [-0.15, -0.1) is 0 Å². The molecule has 0 radical (unpaired) electrons. The second kappa shape index (κ2) is 9.51. The van der Waals surface area contributed by atoms with Crippen LogP contribution in [0.25, 0.3) is 5.65 Å². The Morgan fingerprint density at radius 2 is 1.70 bits per heavy atom. The van der Waals surface area contributed by atoms with Gasteiger partial charge in [0, 0.05) is 43.3 Å². The van der Waals surface area contributed by atoms with Crippen molar-refractivity contribution in [2.75, 3.05) is 24.5 Å². The highest BCUT2D eigenvalue weighted by Gasteiger charge is 2.82. The molecule has 3 atom stereocenters. The largest absolute Gasteiger partial charge is 0.401 e. The minimum absolute atomic E-state index is 0.00446. The molecule has 1 N–H and O–H groups in total. The van der Waals surface area contributed by atoms with E-state index in [0.29, 0.717) is 31.6 Å². The molecule has 7 rings (SSSR count). The van der Waals surface area contributed by atoms with Crippen LogP contribution in [0.1, 0.15) is 56.7 Å². The highest BCUT2D eigenvalue weighted by molar-refractivity contribution is 6.29. The molecule has 2 amide bonds. The zero-order chi connectivity index (χ0) is 31.4. The average Bonchev–Trinajstić information content (AvgIpc) is 3.80. The van der Waals surface area contributed by atoms with Gasteiger partial charge < -0.3 is 15.1 Å². The first kappa shape index (κ1) is 29.2. The van der Waals surface area contributed by atoms with Crippen LogP contribution in [0, 0.1) is 11.3 Å². The molecule has 4 heterocycles. The lowest BCUT2D eigenvalue weighted by atomic mass is 9.87. The first-order chi connectivity index (χ1) is 20.7. The third kappa shape index (κ3) is 4.21. The second-order valence-corrected chi connectivity index (χ2v) is 13.2. The Kier molecular flexibility index (Phi) is 6.32. The number of hydrogen-bond donors (Lipinski definition) is 1. The molecular weight excluding hydrogens is 607 g/mol. The summed E-state index contributed by atoms with van der Waals surface area (Å²) < 4.78 is 75.1. The number of likely N-dealkylation sites (tertiary alicyclic amines) is 1. The third-order valence-corrected chi connectivity index (χ3v) is 10.2. The molecule has 234 valence electrons. The van der Waals surface area contributed by atoms with E-state index in [1.54, 1.807) is 4.90 Å².